The number of benzene rings is 1. The molecule has 0 amide bonds. The highest BCUT2D eigenvalue weighted by molar-refractivity contribution is 7.09. The van der Waals surface area contributed by atoms with E-state index in [0.717, 1.165) is 52.6 Å². The van der Waals surface area contributed by atoms with Gasteiger partial charge in [-0.05, 0) is 37.1 Å². The van der Waals surface area contributed by atoms with Gasteiger partial charge in [-0.15, -0.1) is 11.3 Å². The average molecular weight is 388 g/mol. The molecule has 0 aliphatic carbocycles. The number of aliphatic imine (C=N–C) groups is 1. The predicted molar refractivity (Wildman–Crippen MR) is 111 cm³/mol. The van der Waals surface area contributed by atoms with Gasteiger partial charge < -0.3 is 15.6 Å². The first-order valence-electron chi connectivity index (χ1n) is 9.28. The number of thiazole rings is 1. The fraction of sp³-hybridized carbons (Fsp3) is 0.400. The summed E-state index contributed by atoms with van der Waals surface area (Å²) in [5.41, 5.74) is 2.99. The maximum absolute atomic E-state index is 13.3. The number of nitrogens with one attached hydrogen (secondary N) is 3. The lowest BCUT2D eigenvalue weighted by molar-refractivity contribution is 0.629. The van der Waals surface area contributed by atoms with Crippen molar-refractivity contribution in [2.75, 3.05) is 13.1 Å². The van der Waals surface area contributed by atoms with Gasteiger partial charge in [-0.2, -0.15) is 0 Å². The fourth-order valence-electron chi connectivity index (χ4n) is 2.84. The van der Waals surface area contributed by atoms with E-state index in [1.807, 2.05) is 19.2 Å². The van der Waals surface area contributed by atoms with Gasteiger partial charge in [-0.3, -0.25) is 0 Å². The SMILES string of the molecule is CCNC(=NCc1csc(C(C)C)n1)NCCc1c[nH]c2cc(F)ccc12. The van der Waals surface area contributed by atoms with Crippen LogP contribution in [0.4, 0.5) is 4.39 Å². The molecule has 7 heteroatoms. The van der Waals surface area contributed by atoms with E-state index in [4.69, 9.17) is 0 Å². The summed E-state index contributed by atoms with van der Waals surface area (Å²) >= 11 is 1.69. The number of hydrogen-bond acceptors (Lipinski definition) is 3. The lowest BCUT2D eigenvalue weighted by atomic mass is 10.1. The summed E-state index contributed by atoms with van der Waals surface area (Å²) in [6.45, 7) is 8.44. The topological polar surface area (TPSA) is 65.1 Å². The Morgan fingerprint density at radius 2 is 2.19 bits per heavy atom. The second-order valence-corrected chi connectivity index (χ2v) is 7.60. The van der Waals surface area contributed by atoms with Gasteiger partial charge in [0.2, 0.25) is 0 Å². The molecular weight excluding hydrogens is 361 g/mol. The van der Waals surface area contributed by atoms with E-state index in [9.17, 15) is 4.39 Å². The lowest BCUT2D eigenvalue weighted by Gasteiger charge is -2.10. The quantitative estimate of drug-likeness (QED) is 0.421. The Bertz CT molecular complexity index is 912. The summed E-state index contributed by atoms with van der Waals surface area (Å²) < 4.78 is 13.3. The first-order chi connectivity index (χ1) is 13.1. The van der Waals surface area contributed by atoms with Crippen LogP contribution in [0.15, 0.2) is 34.8 Å². The Morgan fingerprint density at radius 1 is 1.33 bits per heavy atom. The first kappa shape index (κ1) is 19.4. The van der Waals surface area contributed by atoms with Crippen LogP contribution in [-0.2, 0) is 13.0 Å². The van der Waals surface area contributed by atoms with E-state index in [-0.39, 0.29) is 5.82 Å². The first-order valence-corrected chi connectivity index (χ1v) is 10.2. The number of guanidine groups is 1. The number of aromatic nitrogens is 2. The van der Waals surface area contributed by atoms with E-state index in [1.54, 1.807) is 11.3 Å². The van der Waals surface area contributed by atoms with Crippen molar-refractivity contribution in [3.05, 3.63) is 51.9 Å². The Labute approximate surface area is 163 Å². The summed E-state index contributed by atoms with van der Waals surface area (Å²) in [5.74, 6) is 1.00. The molecule has 2 heterocycles. The van der Waals surface area contributed by atoms with E-state index in [2.05, 4.69) is 44.8 Å². The highest BCUT2D eigenvalue weighted by Gasteiger charge is 2.07. The molecule has 3 aromatic rings. The third-order valence-corrected chi connectivity index (χ3v) is 5.42. The van der Waals surface area contributed by atoms with Crippen LogP contribution in [0.5, 0.6) is 0 Å². The lowest BCUT2D eigenvalue weighted by Crippen LogP contribution is -2.38. The molecule has 5 nitrogen and oxygen atoms in total. The van der Waals surface area contributed by atoms with Gasteiger partial charge in [-0.25, -0.2) is 14.4 Å². The molecule has 0 unspecified atom stereocenters. The summed E-state index contributed by atoms with van der Waals surface area (Å²) in [6, 6.07) is 4.85. The van der Waals surface area contributed by atoms with Crippen molar-refractivity contribution < 1.29 is 4.39 Å². The van der Waals surface area contributed by atoms with Crippen molar-refractivity contribution in [2.45, 2.75) is 39.7 Å². The molecule has 3 rings (SSSR count). The molecule has 0 radical (unpaired) electrons. The van der Waals surface area contributed by atoms with Crippen LogP contribution in [0, 0.1) is 5.82 Å². The molecule has 0 bridgehead atoms. The molecular formula is C20H26FN5S. The van der Waals surface area contributed by atoms with Crippen LogP contribution in [-0.4, -0.2) is 29.0 Å². The molecule has 1 aromatic carbocycles. The number of H-pyrrole nitrogens is 1. The molecule has 27 heavy (non-hydrogen) atoms. The third kappa shape index (κ3) is 5.07. The molecule has 144 valence electrons. The number of nitrogens with zero attached hydrogens (tertiary/aromatic N) is 2. The minimum absolute atomic E-state index is 0.224. The monoisotopic (exact) mass is 387 g/mol. The van der Waals surface area contributed by atoms with Crippen LogP contribution in [0.25, 0.3) is 10.9 Å². The van der Waals surface area contributed by atoms with E-state index in [1.165, 1.54) is 12.1 Å². The van der Waals surface area contributed by atoms with E-state index >= 15 is 0 Å². The van der Waals surface area contributed by atoms with Gasteiger partial charge in [0.15, 0.2) is 5.96 Å². The van der Waals surface area contributed by atoms with Gasteiger partial charge in [0, 0.05) is 41.5 Å². The van der Waals surface area contributed by atoms with Crippen LogP contribution < -0.4 is 10.6 Å². The zero-order valence-electron chi connectivity index (χ0n) is 16.0. The summed E-state index contributed by atoms with van der Waals surface area (Å²) in [7, 11) is 0. The Kier molecular flexibility index (Phi) is 6.45. The minimum atomic E-state index is -0.224. The largest absolute Gasteiger partial charge is 0.361 e. The van der Waals surface area contributed by atoms with Crippen molar-refractivity contribution in [1.82, 2.24) is 20.6 Å². The Hall–Kier alpha value is -2.41. The van der Waals surface area contributed by atoms with Gasteiger partial charge in [0.05, 0.1) is 17.2 Å². The van der Waals surface area contributed by atoms with Crippen LogP contribution in [0.2, 0.25) is 0 Å². The van der Waals surface area contributed by atoms with Crippen molar-refractivity contribution in [1.29, 1.82) is 0 Å². The second kappa shape index (κ2) is 8.99. The standard InChI is InChI=1S/C20H26FN5S/c1-4-22-20(25-11-16-12-27-19(26-16)13(2)3)23-8-7-14-10-24-18-9-15(21)5-6-17(14)18/h5-6,9-10,12-13,24H,4,7-8,11H2,1-3H3,(H2,22,23,25). The van der Waals surface area contributed by atoms with Crippen molar-refractivity contribution >= 4 is 28.2 Å². The van der Waals surface area contributed by atoms with Crippen molar-refractivity contribution in [3.8, 4) is 0 Å². The predicted octanol–water partition coefficient (Wildman–Crippen LogP) is 4.18. The molecule has 0 saturated carbocycles. The summed E-state index contributed by atoms with van der Waals surface area (Å²) in [6.07, 6.45) is 2.77. The molecule has 3 N–H and O–H groups in total. The van der Waals surface area contributed by atoms with Gasteiger partial charge >= 0.3 is 0 Å². The molecule has 2 aromatic heterocycles. The normalized spacial score (nSPS) is 12.1. The van der Waals surface area contributed by atoms with Crippen LogP contribution in [0.3, 0.4) is 0 Å². The highest BCUT2D eigenvalue weighted by atomic mass is 32.1. The van der Waals surface area contributed by atoms with Crippen LogP contribution in [0.1, 0.15) is 43.0 Å². The maximum Gasteiger partial charge on any atom is 0.191 e. The van der Waals surface area contributed by atoms with Gasteiger partial charge in [0.1, 0.15) is 5.82 Å². The van der Waals surface area contributed by atoms with Crippen LogP contribution >= 0.6 is 11.3 Å². The third-order valence-electron chi connectivity index (χ3n) is 4.22. The number of hydrogen-bond donors (Lipinski definition) is 3. The number of rotatable bonds is 7. The van der Waals surface area contributed by atoms with Crippen molar-refractivity contribution in [3.63, 3.8) is 0 Å². The molecule has 0 spiro atoms. The van der Waals surface area contributed by atoms with Gasteiger partial charge in [-0.1, -0.05) is 13.8 Å². The summed E-state index contributed by atoms with van der Waals surface area (Å²) in [4.78, 5) is 12.4. The Balaban J connectivity index is 1.58. The average Bonchev–Trinajstić information content (AvgIpc) is 3.26. The van der Waals surface area contributed by atoms with E-state index < -0.39 is 0 Å². The smallest absolute Gasteiger partial charge is 0.191 e. The molecule has 0 fully saturated rings. The maximum atomic E-state index is 13.3. The highest BCUT2D eigenvalue weighted by Crippen LogP contribution is 2.20. The zero-order valence-corrected chi connectivity index (χ0v) is 16.8. The number of aromatic amines is 1. The summed E-state index contributed by atoms with van der Waals surface area (Å²) in [5, 5.41) is 10.9. The molecule has 0 atom stereocenters. The minimum Gasteiger partial charge on any atom is -0.361 e. The number of fused-ring (bicyclic) bond motifs is 1. The van der Waals surface area contributed by atoms with Gasteiger partial charge in [0.25, 0.3) is 0 Å². The fourth-order valence-corrected chi connectivity index (χ4v) is 3.67. The molecule has 0 saturated heterocycles. The Morgan fingerprint density at radius 3 is 2.93 bits per heavy atom. The molecule has 0 aliphatic heterocycles. The second-order valence-electron chi connectivity index (χ2n) is 6.71. The zero-order chi connectivity index (χ0) is 19.2. The van der Waals surface area contributed by atoms with Crippen molar-refractivity contribution in [2.24, 2.45) is 4.99 Å². The number of halogens is 1. The van der Waals surface area contributed by atoms with E-state index in [0.29, 0.717) is 12.5 Å². The molecule has 0 aliphatic rings.